The van der Waals surface area contributed by atoms with Crippen LogP contribution in [-0.4, -0.2) is 166 Å². The monoisotopic (exact) mass is 1230 g/mol. The minimum atomic E-state index is -1.26. The molecule has 2 saturated heterocycles. The summed E-state index contributed by atoms with van der Waals surface area (Å²) in [5, 5.41) is 85.0. The quantitative estimate of drug-likeness (QED) is 0.0510. The van der Waals surface area contributed by atoms with Gasteiger partial charge in [0.1, 0.15) is 23.3 Å². The minimum absolute atomic E-state index is 0.203. The summed E-state index contributed by atoms with van der Waals surface area (Å²) in [4.78, 5) is 114. The molecule has 0 radical (unpaired) electrons. The molecule has 0 saturated carbocycles. The van der Waals surface area contributed by atoms with Gasteiger partial charge in [0.2, 0.25) is 0 Å². The number of imidazole rings is 2. The maximum atomic E-state index is 13.2. The summed E-state index contributed by atoms with van der Waals surface area (Å²) < 4.78 is 30.8. The second kappa shape index (κ2) is 40.2. The molecule has 2 aromatic carbocycles. The van der Waals surface area contributed by atoms with Gasteiger partial charge in [0.05, 0.1) is 34.5 Å². The van der Waals surface area contributed by atoms with Crippen molar-refractivity contribution in [2.75, 3.05) is 26.2 Å². The number of rotatable bonds is 18. The molecule has 0 aliphatic carbocycles. The molecular formula is C58H62F2N8O20. The zero-order valence-corrected chi connectivity index (χ0v) is 46.5. The maximum Gasteiger partial charge on any atom is 0.328 e. The van der Waals surface area contributed by atoms with Crippen LogP contribution in [0.2, 0.25) is 0 Å². The highest BCUT2D eigenvalue weighted by Crippen LogP contribution is 2.25. The number of carboxylic acids is 10. The standard InChI is InChI=1S/2C19H21FN4.5C4H4O4/c2*20-16-3-1-15(2-4-16)13-24-18-12-22-10-7-17(18)23-19(24)11-14-5-8-21-9-6-14;5*5-3(6)1-2-4(7)8/h2*1-4,7,10,12,14,21H,5-6,8-9,11,13H2;5*1-2H,(H,5,6)(H,7,8). The lowest BCUT2D eigenvalue weighted by molar-refractivity contribution is -0.134. The molecule has 2 fully saturated rings. The fourth-order valence-electron chi connectivity index (χ4n) is 7.65. The van der Waals surface area contributed by atoms with E-state index in [-0.39, 0.29) is 11.6 Å². The molecule has 0 unspecified atom stereocenters. The molecule has 468 valence electrons. The summed E-state index contributed by atoms with van der Waals surface area (Å²) in [5.41, 5.74) is 6.21. The van der Waals surface area contributed by atoms with Gasteiger partial charge < -0.3 is 70.8 Å². The lowest BCUT2D eigenvalue weighted by atomic mass is 9.94. The summed E-state index contributed by atoms with van der Waals surface area (Å²) in [6, 6.07) is 17.3. The maximum absolute atomic E-state index is 13.2. The van der Waals surface area contributed by atoms with Gasteiger partial charge in [-0.15, -0.1) is 0 Å². The third-order valence-electron chi connectivity index (χ3n) is 11.5. The van der Waals surface area contributed by atoms with Crippen LogP contribution in [0.1, 0.15) is 48.5 Å². The Hall–Kier alpha value is -11.1. The van der Waals surface area contributed by atoms with Gasteiger partial charge in [-0.05, 0) is 111 Å². The number of fused-ring (bicyclic) bond motifs is 2. The van der Waals surface area contributed by atoms with Crippen molar-refractivity contribution in [1.82, 2.24) is 39.7 Å². The molecule has 30 heteroatoms. The number of aliphatic carboxylic acids is 10. The first-order valence-corrected chi connectivity index (χ1v) is 25.9. The third-order valence-corrected chi connectivity index (χ3v) is 11.5. The van der Waals surface area contributed by atoms with Crippen molar-refractivity contribution < 1.29 is 108 Å². The van der Waals surface area contributed by atoms with Crippen molar-refractivity contribution >= 4 is 81.8 Å². The molecular weight excluding hydrogens is 1170 g/mol. The van der Waals surface area contributed by atoms with E-state index in [9.17, 15) is 56.7 Å². The van der Waals surface area contributed by atoms with Crippen molar-refractivity contribution in [3.8, 4) is 0 Å². The summed E-state index contributed by atoms with van der Waals surface area (Å²) in [6.07, 6.45) is 19.6. The molecule has 0 atom stereocenters. The lowest BCUT2D eigenvalue weighted by Gasteiger charge is -2.22. The summed E-state index contributed by atoms with van der Waals surface area (Å²) >= 11 is 0. The molecule has 12 N–H and O–H groups in total. The number of halogens is 2. The van der Waals surface area contributed by atoms with Crippen LogP contribution in [-0.2, 0) is 73.9 Å². The highest BCUT2D eigenvalue weighted by molar-refractivity contribution is 5.92. The largest absolute Gasteiger partial charge is 0.478 e. The van der Waals surface area contributed by atoms with E-state index in [0.717, 1.165) is 83.9 Å². The molecule has 8 rings (SSSR count). The normalized spacial score (nSPS) is 13.0. The van der Waals surface area contributed by atoms with Crippen LogP contribution in [0.25, 0.3) is 22.1 Å². The van der Waals surface area contributed by atoms with Crippen molar-refractivity contribution in [2.45, 2.75) is 51.6 Å². The van der Waals surface area contributed by atoms with Gasteiger partial charge in [-0.25, -0.2) is 66.7 Å². The van der Waals surface area contributed by atoms with Gasteiger partial charge in [-0.2, -0.15) is 0 Å². The topological polar surface area (TPSA) is 458 Å². The molecule has 0 bridgehead atoms. The van der Waals surface area contributed by atoms with E-state index in [0.29, 0.717) is 85.7 Å². The van der Waals surface area contributed by atoms with Crippen LogP contribution in [0.15, 0.2) is 146 Å². The first kappa shape index (κ1) is 73.0. The minimum Gasteiger partial charge on any atom is -0.478 e. The van der Waals surface area contributed by atoms with Gasteiger partial charge in [0, 0.05) is 99.1 Å². The fourth-order valence-corrected chi connectivity index (χ4v) is 7.65. The first-order chi connectivity index (χ1) is 41.7. The van der Waals surface area contributed by atoms with E-state index in [1.54, 1.807) is 12.4 Å². The summed E-state index contributed by atoms with van der Waals surface area (Å²) in [6.45, 7) is 5.75. The Bertz CT molecular complexity index is 3040. The van der Waals surface area contributed by atoms with Crippen LogP contribution >= 0.6 is 0 Å². The zero-order chi connectivity index (χ0) is 65.6. The number of carbonyl (C=O) groups is 10. The Morgan fingerprint density at radius 2 is 0.636 bits per heavy atom. The Morgan fingerprint density at radius 3 is 0.864 bits per heavy atom. The number of benzene rings is 2. The van der Waals surface area contributed by atoms with E-state index in [1.165, 1.54) is 49.9 Å². The number of pyridine rings is 2. The van der Waals surface area contributed by atoms with Gasteiger partial charge >= 0.3 is 59.7 Å². The number of nitrogens with one attached hydrogen (secondary N) is 2. The fraction of sp³-hybridized carbons (Fsp3) is 0.241. The van der Waals surface area contributed by atoms with Crippen LogP contribution in [0.5, 0.6) is 0 Å². The predicted molar refractivity (Wildman–Crippen MR) is 307 cm³/mol. The van der Waals surface area contributed by atoms with Gasteiger partial charge in [0.25, 0.3) is 0 Å². The van der Waals surface area contributed by atoms with Crippen LogP contribution in [0.3, 0.4) is 0 Å². The molecule has 0 spiro atoms. The molecule has 2 aliphatic rings. The average Bonchev–Trinajstić information content (AvgIpc) is 1.89. The number of carboxylic acid groups (broad SMARTS) is 10. The van der Waals surface area contributed by atoms with E-state index in [1.807, 2.05) is 48.8 Å². The highest BCUT2D eigenvalue weighted by Gasteiger charge is 2.20. The number of nitrogens with zero attached hydrogens (tertiary/aromatic N) is 6. The number of hydrogen-bond acceptors (Lipinski definition) is 16. The molecule has 28 nitrogen and oxygen atoms in total. The van der Waals surface area contributed by atoms with E-state index >= 15 is 0 Å². The van der Waals surface area contributed by atoms with Crippen LogP contribution < -0.4 is 10.6 Å². The SMILES string of the molecule is Fc1ccc(Cn2c(CC3CCNCC3)nc3ccncc32)cc1.Fc1ccc(Cn2c(CC3CCNCC3)nc3ccncc32)cc1.O=C(O)C=CC(=O)O.O=C(O)C=CC(=O)O.O=C(O)C=CC(=O)O.O=C(O)C=CC(=O)O.O=C(O)C=CC(=O)O. The van der Waals surface area contributed by atoms with E-state index < -0.39 is 59.7 Å². The number of hydrogen-bond donors (Lipinski definition) is 12. The second-order valence-electron chi connectivity index (χ2n) is 18.1. The van der Waals surface area contributed by atoms with Crippen molar-refractivity contribution in [3.63, 3.8) is 0 Å². The van der Waals surface area contributed by atoms with Gasteiger partial charge in [-0.1, -0.05) is 24.3 Å². The smallest absolute Gasteiger partial charge is 0.328 e. The Morgan fingerprint density at radius 1 is 0.398 bits per heavy atom. The lowest BCUT2D eigenvalue weighted by Crippen LogP contribution is -2.29. The molecule has 2 aliphatic heterocycles. The molecule has 4 aromatic heterocycles. The second-order valence-corrected chi connectivity index (χ2v) is 18.1. The molecule has 6 aromatic rings. The number of aromatic nitrogens is 6. The predicted octanol–water partition coefficient (Wildman–Crippen LogP) is 4.88. The summed E-state index contributed by atoms with van der Waals surface area (Å²) in [7, 11) is 0. The molecule has 6 heterocycles. The summed E-state index contributed by atoms with van der Waals surface area (Å²) in [5.74, 6) is -9.43. The Labute approximate surface area is 498 Å². The Balaban J connectivity index is 0.000000380. The first-order valence-electron chi connectivity index (χ1n) is 25.9. The molecule has 88 heavy (non-hydrogen) atoms. The average molecular weight is 1230 g/mol. The number of piperidine rings is 2. The van der Waals surface area contributed by atoms with Crippen molar-refractivity contribution in [3.05, 3.63) is 181 Å². The van der Waals surface area contributed by atoms with Crippen LogP contribution in [0, 0.1) is 23.5 Å². The Kier molecular flexibility index (Phi) is 33.3. The van der Waals surface area contributed by atoms with Gasteiger partial charge in [-0.3, -0.25) is 9.97 Å². The van der Waals surface area contributed by atoms with E-state index in [4.69, 9.17) is 61.0 Å². The van der Waals surface area contributed by atoms with Crippen molar-refractivity contribution in [2.24, 2.45) is 11.8 Å². The van der Waals surface area contributed by atoms with Crippen molar-refractivity contribution in [1.29, 1.82) is 0 Å². The van der Waals surface area contributed by atoms with Crippen LogP contribution in [0.4, 0.5) is 8.78 Å². The molecule has 0 amide bonds. The zero-order valence-electron chi connectivity index (χ0n) is 46.5. The van der Waals surface area contributed by atoms with Gasteiger partial charge in [0.15, 0.2) is 0 Å². The highest BCUT2D eigenvalue weighted by atomic mass is 19.1. The third kappa shape index (κ3) is 32.6. The van der Waals surface area contributed by atoms with E-state index in [2.05, 4.69) is 29.7 Å².